The summed E-state index contributed by atoms with van der Waals surface area (Å²) in [5.74, 6) is 0.301. The molecule has 5 rings (SSSR count). The summed E-state index contributed by atoms with van der Waals surface area (Å²) in [5, 5.41) is 3.46. The molecule has 1 fully saturated rings. The van der Waals surface area contributed by atoms with Crippen LogP contribution in [0.5, 0.6) is 0 Å². The molecule has 1 aliphatic rings. The Balaban J connectivity index is 1.54. The maximum atomic E-state index is 14.2. The van der Waals surface area contributed by atoms with Crippen LogP contribution in [0.2, 0.25) is 0 Å². The molecule has 0 bridgehead atoms. The molecule has 0 saturated carbocycles. The molecule has 0 aliphatic carbocycles. The van der Waals surface area contributed by atoms with E-state index in [1.165, 1.54) is 4.57 Å². The first kappa shape index (κ1) is 29.8. The van der Waals surface area contributed by atoms with Gasteiger partial charge in [0.1, 0.15) is 0 Å². The van der Waals surface area contributed by atoms with Crippen LogP contribution >= 0.6 is 0 Å². The van der Waals surface area contributed by atoms with Crippen LogP contribution in [0.3, 0.4) is 0 Å². The number of aliphatic imine (C=N–C) groups is 1. The van der Waals surface area contributed by atoms with Gasteiger partial charge in [0.05, 0.1) is 24.2 Å². The van der Waals surface area contributed by atoms with Gasteiger partial charge in [0.15, 0.2) is 5.82 Å². The van der Waals surface area contributed by atoms with E-state index >= 15 is 0 Å². The Hall–Kier alpha value is -4.69. The van der Waals surface area contributed by atoms with Crippen LogP contribution in [-0.2, 0) is 11.2 Å². The molecule has 9 nitrogen and oxygen atoms in total. The van der Waals surface area contributed by atoms with E-state index in [0.29, 0.717) is 49.7 Å². The number of hydrogen-bond donors (Lipinski definition) is 1. The van der Waals surface area contributed by atoms with Crippen LogP contribution < -0.4 is 10.2 Å². The highest BCUT2D eigenvalue weighted by Crippen LogP contribution is 2.29. The molecule has 1 saturated heterocycles. The van der Waals surface area contributed by atoms with E-state index in [1.54, 1.807) is 24.3 Å². The average molecular weight is 585 g/mol. The van der Waals surface area contributed by atoms with Crippen molar-refractivity contribution in [2.24, 2.45) is 4.99 Å². The van der Waals surface area contributed by atoms with Crippen molar-refractivity contribution >= 4 is 34.2 Å². The number of alkyl halides is 2. The SMILES string of the molecule is C#C/N=C(C)\C=C(/C)c1ccccc1CC(C)(C)Nc1nc(N2CCOCC2)nc(-n2c(C(F)F)nc3ccccc32)n1. The summed E-state index contributed by atoms with van der Waals surface area (Å²) in [6.45, 7) is 10.1. The summed E-state index contributed by atoms with van der Waals surface area (Å²) in [6, 6.07) is 17.4. The second-order valence-corrected chi connectivity index (χ2v) is 11.0. The van der Waals surface area contributed by atoms with E-state index < -0.39 is 17.8 Å². The normalized spacial score (nSPS) is 14.8. The molecule has 0 amide bonds. The molecular formula is C32H34F2N8O. The van der Waals surface area contributed by atoms with Gasteiger partial charge in [-0.25, -0.2) is 18.8 Å². The van der Waals surface area contributed by atoms with Gasteiger partial charge >= 0.3 is 0 Å². The zero-order valence-electron chi connectivity index (χ0n) is 24.7. The summed E-state index contributed by atoms with van der Waals surface area (Å²) >= 11 is 0. The number of terminal acetylenes is 1. The third kappa shape index (κ3) is 6.87. The Morgan fingerprint density at radius 2 is 1.74 bits per heavy atom. The number of benzene rings is 2. The predicted molar refractivity (Wildman–Crippen MR) is 166 cm³/mol. The van der Waals surface area contributed by atoms with Gasteiger partial charge in [0.25, 0.3) is 6.43 Å². The summed E-state index contributed by atoms with van der Waals surface area (Å²) in [4.78, 5) is 24.2. The number of ether oxygens (including phenoxy) is 1. The molecular weight excluding hydrogens is 550 g/mol. The minimum absolute atomic E-state index is 0.0706. The second-order valence-electron chi connectivity index (χ2n) is 11.0. The first-order valence-electron chi connectivity index (χ1n) is 14.0. The zero-order chi connectivity index (χ0) is 30.6. The highest BCUT2D eigenvalue weighted by atomic mass is 19.3. The van der Waals surface area contributed by atoms with Crippen LogP contribution in [0.4, 0.5) is 20.7 Å². The summed E-state index contributed by atoms with van der Waals surface area (Å²) in [5.41, 5.74) is 4.33. The van der Waals surface area contributed by atoms with Crippen molar-refractivity contribution in [1.29, 1.82) is 0 Å². The van der Waals surface area contributed by atoms with E-state index in [4.69, 9.17) is 16.1 Å². The molecule has 1 aliphatic heterocycles. The largest absolute Gasteiger partial charge is 0.378 e. The molecule has 0 atom stereocenters. The molecule has 11 heteroatoms. The Bertz CT molecular complexity index is 1710. The number of aromatic nitrogens is 5. The third-order valence-electron chi connectivity index (χ3n) is 7.08. The standard InChI is InChI=1S/C32H34F2N8O/c1-6-35-22(3)19-21(2)24-12-8-7-11-23(24)20-32(4,5)40-29-37-30(41-15-17-43-18-16-41)39-31(38-29)42-26-14-10-9-13-25(26)36-28(42)27(33)34/h1,7-14,19,27H,15-18,20H2,2-5H3,(H,37,38,39,40)/b21-19+,35-22-. The lowest BCUT2D eigenvalue weighted by molar-refractivity contribution is 0.122. The van der Waals surface area contributed by atoms with Gasteiger partial charge < -0.3 is 15.0 Å². The topological polar surface area (TPSA) is 93.3 Å². The summed E-state index contributed by atoms with van der Waals surface area (Å²) < 4.78 is 35.3. The molecule has 3 heterocycles. The predicted octanol–water partition coefficient (Wildman–Crippen LogP) is 5.87. The van der Waals surface area contributed by atoms with Crippen molar-refractivity contribution in [1.82, 2.24) is 24.5 Å². The first-order chi connectivity index (χ1) is 20.6. The second kappa shape index (κ2) is 12.7. The van der Waals surface area contributed by atoms with Crippen molar-refractivity contribution in [2.75, 3.05) is 36.5 Å². The van der Waals surface area contributed by atoms with Crippen molar-refractivity contribution < 1.29 is 13.5 Å². The molecule has 0 spiro atoms. The highest BCUT2D eigenvalue weighted by Gasteiger charge is 2.27. The Morgan fingerprint density at radius 3 is 2.49 bits per heavy atom. The lowest BCUT2D eigenvalue weighted by Crippen LogP contribution is -2.39. The van der Waals surface area contributed by atoms with Crippen molar-refractivity contribution in [3.8, 4) is 18.4 Å². The lowest BCUT2D eigenvalue weighted by Gasteiger charge is -2.30. The molecule has 222 valence electrons. The Labute approximate surface area is 249 Å². The van der Waals surface area contributed by atoms with Gasteiger partial charge in [-0.3, -0.25) is 4.57 Å². The van der Waals surface area contributed by atoms with Gasteiger partial charge in [0, 0.05) is 30.4 Å². The number of rotatable bonds is 9. The molecule has 2 aromatic heterocycles. The number of imidazole rings is 1. The average Bonchev–Trinajstić information content (AvgIpc) is 3.37. The Morgan fingerprint density at radius 1 is 1.05 bits per heavy atom. The van der Waals surface area contributed by atoms with Crippen molar-refractivity contribution in [2.45, 2.75) is 46.1 Å². The third-order valence-corrected chi connectivity index (χ3v) is 7.08. The minimum atomic E-state index is -2.83. The number of fused-ring (bicyclic) bond motifs is 1. The van der Waals surface area contributed by atoms with Crippen LogP contribution in [0.25, 0.3) is 22.6 Å². The number of para-hydroxylation sites is 2. The zero-order valence-corrected chi connectivity index (χ0v) is 24.7. The molecule has 4 aromatic rings. The smallest absolute Gasteiger partial charge is 0.296 e. The maximum absolute atomic E-state index is 14.2. The fraction of sp³-hybridized carbons (Fsp3) is 0.344. The lowest BCUT2D eigenvalue weighted by atomic mass is 9.89. The van der Waals surface area contributed by atoms with Gasteiger partial charge in [-0.15, -0.1) is 0 Å². The quantitative estimate of drug-likeness (QED) is 0.194. The fourth-order valence-electron chi connectivity index (χ4n) is 5.22. The molecule has 0 radical (unpaired) electrons. The van der Waals surface area contributed by atoms with Crippen LogP contribution in [-0.4, -0.2) is 62.1 Å². The molecule has 2 aromatic carbocycles. The van der Waals surface area contributed by atoms with Crippen LogP contribution in [0, 0.1) is 12.5 Å². The van der Waals surface area contributed by atoms with E-state index in [9.17, 15) is 8.78 Å². The summed E-state index contributed by atoms with van der Waals surface area (Å²) in [7, 11) is 0. The number of halogens is 2. The molecule has 43 heavy (non-hydrogen) atoms. The van der Waals surface area contributed by atoms with E-state index in [-0.39, 0.29) is 11.9 Å². The van der Waals surface area contributed by atoms with E-state index in [2.05, 4.69) is 43.4 Å². The molecule has 1 N–H and O–H groups in total. The van der Waals surface area contributed by atoms with Gasteiger partial charge in [0.2, 0.25) is 17.8 Å². The van der Waals surface area contributed by atoms with Crippen LogP contribution in [0.1, 0.15) is 51.1 Å². The maximum Gasteiger partial charge on any atom is 0.296 e. The highest BCUT2D eigenvalue weighted by molar-refractivity contribution is 5.99. The number of anilines is 2. The fourth-order valence-corrected chi connectivity index (χ4v) is 5.22. The van der Waals surface area contributed by atoms with Crippen molar-refractivity contribution in [3.63, 3.8) is 0 Å². The Kier molecular flexibility index (Phi) is 8.78. The number of nitrogens with zero attached hydrogens (tertiary/aromatic N) is 7. The number of morpholine rings is 1. The summed E-state index contributed by atoms with van der Waals surface area (Å²) in [6.07, 6.45) is 5.09. The first-order valence-corrected chi connectivity index (χ1v) is 14.0. The monoisotopic (exact) mass is 584 g/mol. The van der Waals surface area contributed by atoms with E-state index in [0.717, 1.165) is 22.4 Å². The number of hydrogen-bond acceptors (Lipinski definition) is 8. The number of allylic oxidation sites excluding steroid dienone is 2. The van der Waals surface area contributed by atoms with Gasteiger partial charge in [-0.1, -0.05) is 42.8 Å². The van der Waals surface area contributed by atoms with E-state index in [1.807, 2.05) is 50.8 Å². The van der Waals surface area contributed by atoms with Gasteiger partial charge in [-0.2, -0.15) is 15.0 Å². The number of nitrogens with one attached hydrogen (secondary N) is 1. The molecule has 0 unspecified atom stereocenters. The van der Waals surface area contributed by atoms with Crippen molar-refractivity contribution in [3.05, 3.63) is 71.6 Å². The van der Waals surface area contributed by atoms with Crippen LogP contribution in [0.15, 0.2) is 59.6 Å². The van der Waals surface area contributed by atoms with Gasteiger partial charge in [-0.05, 0) is 69.0 Å². The minimum Gasteiger partial charge on any atom is -0.378 e.